The molecule has 0 spiro atoms. The maximum Gasteiger partial charge on any atom is 0.417 e. The summed E-state index contributed by atoms with van der Waals surface area (Å²) in [7, 11) is 0. The first-order valence-corrected chi connectivity index (χ1v) is 15.2. The van der Waals surface area contributed by atoms with Crippen LogP contribution in [0.3, 0.4) is 0 Å². The lowest BCUT2D eigenvalue weighted by atomic mass is 9.43. The molecule has 2 nitrogen and oxygen atoms in total. The molecule has 5 heteroatoms. The van der Waals surface area contributed by atoms with Gasteiger partial charge in [-0.25, -0.2) is 0 Å². The van der Waals surface area contributed by atoms with Crippen LogP contribution in [0.2, 0.25) is 0 Å². The van der Waals surface area contributed by atoms with Gasteiger partial charge >= 0.3 is 6.18 Å². The molecule has 0 amide bonds. The Morgan fingerprint density at radius 1 is 0.806 bits per heavy atom. The molecular formula is C31H51F3O2. The summed E-state index contributed by atoms with van der Waals surface area (Å²) in [5.74, 6) is 3.86. The Labute approximate surface area is 217 Å². The molecule has 5 aliphatic carbocycles. The lowest BCUT2D eigenvalue weighted by Crippen LogP contribution is -2.59. The minimum absolute atomic E-state index is 0.0152. The van der Waals surface area contributed by atoms with Gasteiger partial charge in [-0.1, -0.05) is 27.7 Å². The summed E-state index contributed by atoms with van der Waals surface area (Å²) in [6.45, 7) is 9.54. The summed E-state index contributed by atoms with van der Waals surface area (Å²) in [4.78, 5) is 0. The highest BCUT2D eigenvalue weighted by Gasteiger charge is 2.65. The van der Waals surface area contributed by atoms with Crippen LogP contribution in [0, 0.1) is 52.3 Å². The van der Waals surface area contributed by atoms with Gasteiger partial charge in [-0.3, -0.25) is 0 Å². The van der Waals surface area contributed by atoms with Crippen LogP contribution in [0.5, 0.6) is 0 Å². The van der Waals surface area contributed by atoms with E-state index in [0.717, 1.165) is 63.7 Å². The van der Waals surface area contributed by atoms with Crippen molar-refractivity contribution in [2.24, 2.45) is 52.3 Å². The fraction of sp³-hybridized carbons (Fsp3) is 1.00. The minimum Gasteiger partial charge on any atom is -0.390 e. The molecule has 2 N–H and O–H groups in total. The van der Waals surface area contributed by atoms with Crippen molar-refractivity contribution in [1.29, 1.82) is 0 Å². The first-order valence-electron chi connectivity index (χ1n) is 15.2. The van der Waals surface area contributed by atoms with Crippen molar-refractivity contribution in [3.63, 3.8) is 0 Å². The van der Waals surface area contributed by atoms with Gasteiger partial charge in [0.15, 0.2) is 5.60 Å². The molecule has 5 rings (SSSR count). The van der Waals surface area contributed by atoms with E-state index >= 15 is 0 Å². The topological polar surface area (TPSA) is 40.5 Å². The Morgan fingerprint density at radius 3 is 2.14 bits per heavy atom. The van der Waals surface area contributed by atoms with Crippen molar-refractivity contribution >= 4 is 0 Å². The molecule has 5 fully saturated rings. The quantitative estimate of drug-likeness (QED) is 0.398. The second-order valence-corrected chi connectivity index (χ2v) is 15.0. The van der Waals surface area contributed by atoms with Crippen LogP contribution in [-0.2, 0) is 0 Å². The number of rotatable bonds is 4. The van der Waals surface area contributed by atoms with Crippen LogP contribution in [0.25, 0.3) is 0 Å². The molecule has 0 heterocycles. The monoisotopic (exact) mass is 512 g/mol. The Hall–Kier alpha value is -0.290. The molecule has 36 heavy (non-hydrogen) atoms. The number of hydrogen-bond acceptors (Lipinski definition) is 2. The number of fused-ring (bicyclic) bond motifs is 5. The Kier molecular flexibility index (Phi) is 6.92. The smallest absolute Gasteiger partial charge is 0.390 e. The van der Waals surface area contributed by atoms with Crippen LogP contribution in [0.15, 0.2) is 0 Å². The second kappa shape index (κ2) is 9.14. The maximum atomic E-state index is 13.6. The van der Waals surface area contributed by atoms with Gasteiger partial charge in [-0.15, -0.1) is 0 Å². The standard InChI is InChI=1S/C31H51F3O2/c1-20-9-14-29(35,15-10-20)16-11-21(2)24-7-8-25-23-6-5-22-19-30(36,31(32,33)34)18-17-27(22,3)26(23)12-13-28(24,25)4/h20-26,35-36H,5-19H2,1-4H3/t20-,21-,22+,23+,24-,25+,26+,27+,28-,29+,30+/m1/s1. The highest BCUT2D eigenvalue weighted by atomic mass is 19.4. The van der Waals surface area contributed by atoms with Gasteiger partial charge in [-0.2, -0.15) is 13.2 Å². The number of hydrogen-bond donors (Lipinski definition) is 2. The van der Waals surface area contributed by atoms with Crippen LogP contribution in [0.1, 0.15) is 124 Å². The molecule has 0 aliphatic heterocycles. The van der Waals surface area contributed by atoms with E-state index in [4.69, 9.17) is 0 Å². The Morgan fingerprint density at radius 2 is 1.47 bits per heavy atom. The normalized spacial score (nSPS) is 52.2. The van der Waals surface area contributed by atoms with Crippen LogP contribution >= 0.6 is 0 Å². The van der Waals surface area contributed by atoms with Crippen molar-refractivity contribution in [2.45, 2.75) is 141 Å². The largest absolute Gasteiger partial charge is 0.417 e. The van der Waals surface area contributed by atoms with Gasteiger partial charge < -0.3 is 10.2 Å². The zero-order valence-corrected chi connectivity index (χ0v) is 23.2. The molecule has 5 aliphatic rings. The van der Waals surface area contributed by atoms with Crippen molar-refractivity contribution in [3.05, 3.63) is 0 Å². The van der Waals surface area contributed by atoms with E-state index in [1.165, 1.54) is 19.3 Å². The second-order valence-electron chi connectivity index (χ2n) is 15.0. The van der Waals surface area contributed by atoms with E-state index in [9.17, 15) is 23.4 Å². The molecule has 208 valence electrons. The van der Waals surface area contributed by atoms with Gasteiger partial charge in [-0.05, 0) is 149 Å². The molecule has 9 atom stereocenters. The Bertz CT molecular complexity index is 804. The summed E-state index contributed by atoms with van der Waals surface area (Å²) in [5.41, 5.74) is -2.67. The van der Waals surface area contributed by atoms with Gasteiger partial charge in [0, 0.05) is 0 Å². The summed E-state index contributed by atoms with van der Waals surface area (Å²) in [5, 5.41) is 21.6. The minimum atomic E-state index is -4.52. The molecule has 5 saturated carbocycles. The highest BCUT2D eigenvalue weighted by Crippen LogP contribution is 2.69. The fourth-order valence-electron chi connectivity index (χ4n) is 10.7. The average Bonchev–Trinajstić information content (AvgIpc) is 3.17. The molecule has 0 saturated heterocycles. The van der Waals surface area contributed by atoms with E-state index in [2.05, 4.69) is 27.7 Å². The van der Waals surface area contributed by atoms with Crippen molar-refractivity contribution < 1.29 is 23.4 Å². The van der Waals surface area contributed by atoms with Crippen molar-refractivity contribution in [1.82, 2.24) is 0 Å². The third kappa shape index (κ3) is 4.38. The van der Waals surface area contributed by atoms with Gasteiger partial charge in [0.25, 0.3) is 0 Å². The van der Waals surface area contributed by atoms with Crippen molar-refractivity contribution in [2.75, 3.05) is 0 Å². The van der Waals surface area contributed by atoms with E-state index in [1.54, 1.807) is 0 Å². The van der Waals surface area contributed by atoms with Crippen molar-refractivity contribution in [3.8, 4) is 0 Å². The summed E-state index contributed by atoms with van der Waals surface area (Å²) < 4.78 is 40.9. The number of alkyl halides is 3. The van der Waals surface area contributed by atoms with Crippen LogP contribution in [-0.4, -0.2) is 27.6 Å². The molecule has 0 unspecified atom stereocenters. The first-order chi connectivity index (χ1) is 16.7. The number of halogens is 3. The highest BCUT2D eigenvalue weighted by molar-refractivity contribution is 5.11. The number of aliphatic hydroxyl groups is 2. The maximum absolute atomic E-state index is 13.6. The third-order valence-corrected chi connectivity index (χ3v) is 13.3. The van der Waals surface area contributed by atoms with Gasteiger partial charge in [0.2, 0.25) is 0 Å². The molecule has 0 aromatic heterocycles. The molecule has 0 aromatic carbocycles. The van der Waals surface area contributed by atoms with E-state index < -0.39 is 17.4 Å². The first kappa shape index (κ1) is 27.3. The molecule has 0 radical (unpaired) electrons. The van der Waals surface area contributed by atoms with Gasteiger partial charge in [0.05, 0.1) is 5.60 Å². The molecule has 0 bridgehead atoms. The van der Waals surface area contributed by atoms with E-state index in [-0.39, 0.29) is 24.2 Å². The summed E-state index contributed by atoms with van der Waals surface area (Å²) >= 11 is 0. The van der Waals surface area contributed by atoms with Crippen LogP contribution < -0.4 is 0 Å². The average molecular weight is 513 g/mol. The zero-order chi connectivity index (χ0) is 26.1. The van der Waals surface area contributed by atoms with E-state index in [0.29, 0.717) is 41.4 Å². The predicted octanol–water partition coefficient (Wildman–Crippen LogP) is 8.30. The third-order valence-electron chi connectivity index (χ3n) is 13.3. The fourth-order valence-corrected chi connectivity index (χ4v) is 10.7. The van der Waals surface area contributed by atoms with Crippen LogP contribution in [0.4, 0.5) is 13.2 Å². The summed E-state index contributed by atoms with van der Waals surface area (Å²) in [6, 6.07) is 0. The lowest BCUT2D eigenvalue weighted by molar-refractivity contribution is -0.290. The predicted molar refractivity (Wildman–Crippen MR) is 137 cm³/mol. The SMILES string of the molecule is C[C@H](CC[C@]1(O)CC[C@@H](C)CC1)[C@H]1CC[C@H]2[C@@H]3CC[C@H]4C[C@](O)(C(F)(F)F)CC[C@]4(C)[C@H]3CC[C@]12C. The lowest BCUT2D eigenvalue weighted by Gasteiger charge is -2.62. The van der Waals surface area contributed by atoms with E-state index in [1.807, 2.05) is 0 Å². The Balaban J connectivity index is 1.25. The molecule has 0 aromatic rings. The van der Waals surface area contributed by atoms with Gasteiger partial charge in [0.1, 0.15) is 0 Å². The molecular weight excluding hydrogens is 461 g/mol. The zero-order valence-electron chi connectivity index (χ0n) is 23.2. The summed E-state index contributed by atoms with van der Waals surface area (Å²) in [6.07, 6.45) is 8.78.